The first-order chi connectivity index (χ1) is 13.5. The van der Waals surface area contributed by atoms with Crippen LogP contribution in [0.15, 0.2) is 36.4 Å². The number of hydrogen-bond donors (Lipinski definition) is 2. The van der Waals surface area contributed by atoms with E-state index >= 15 is 0 Å². The molecule has 1 aliphatic carbocycles. The maximum absolute atomic E-state index is 12.1. The van der Waals surface area contributed by atoms with Crippen molar-refractivity contribution in [3.63, 3.8) is 0 Å². The average molecular weight is 418 g/mol. The average Bonchev–Trinajstić information content (AvgIpc) is 2.72. The van der Waals surface area contributed by atoms with Crippen molar-refractivity contribution >= 4 is 17.9 Å². The van der Waals surface area contributed by atoms with Crippen LogP contribution in [0, 0.1) is 33.1 Å². The smallest absolute Gasteiger partial charge is 0.392 e. The van der Waals surface area contributed by atoms with Crippen LogP contribution < -0.4 is 56.7 Å². The van der Waals surface area contributed by atoms with Crippen LogP contribution in [0.2, 0.25) is 0 Å². The van der Waals surface area contributed by atoms with Crippen molar-refractivity contribution in [3.8, 4) is 0 Å². The fourth-order valence-electron chi connectivity index (χ4n) is 3.15. The van der Waals surface area contributed by atoms with Gasteiger partial charge in [-0.1, -0.05) is 25.8 Å². The Bertz CT molecular complexity index is 814. The minimum Gasteiger partial charge on any atom is -0.392 e. The minimum atomic E-state index is 0. The van der Waals surface area contributed by atoms with E-state index in [1.54, 1.807) is 6.07 Å². The van der Waals surface area contributed by atoms with Crippen molar-refractivity contribution in [1.82, 2.24) is 0 Å². The van der Waals surface area contributed by atoms with Crippen LogP contribution in [0.25, 0.3) is 0 Å². The molecule has 0 heterocycles. The van der Waals surface area contributed by atoms with E-state index in [0.717, 1.165) is 53.6 Å². The number of hydrogen-bond acceptors (Lipinski definition) is 3. The number of carbonyl (C=O) groups is 1. The first kappa shape index (κ1) is 26.1. The number of nitrogens with one attached hydrogen (secondary N) is 1. The van der Waals surface area contributed by atoms with Gasteiger partial charge in [-0.25, -0.2) is 11.6 Å². The van der Waals surface area contributed by atoms with Crippen LogP contribution in [-0.4, -0.2) is 17.3 Å². The molecule has 150 valence electrons. The summed E-state index contributed by atoms with van der Waals surface area (Å²) in [5, 5.41) is 12.2. The summed E-state index contributed by atoms with van der Waals surface area (Å²) in [7, 11) is 0. The Hall–Kier alpha value is -0.954. The number of benzene rings is 2. The van der Waals surface area contributed by atoms with Crippen LogP contribution in [0.5, 0.6) is 0 Å². The Labute approximate surface area is 216 Å². The molecule has 0 radical (unpaired) electrons. The van der Waals surface area contributed by atoms with E-state index in [0.29, 0.717) is 5.56 Å². The van der Waals surface area contributed by atoms with Crippen molar-refractivity contribution in [2.45, 2.75) is 46.1 Å². The molecule has 3 rings (SSSR count). The van der Waals surface area contributed by atoms with E-state index in [1.807, 2.05) is 50.5 Å². The molecule has 0 atom stereocenters. The Morgan fingerprint density at radius 3 is 2.48 bits per heavy atom. The van der Waals surface area contributed by atoms with Crippen LogP contribution in [0.4, 0.5) is 5.69 Å². The molecule has 2 aromatic carbocycles. The van der Waals surface area contributed by atoms with Gasteiger partial charge >= 0.3 is 51.4 Å². The van der Waals surface area contributed by atoms with E-state index in [9.17, 15) is 14.7 Å². The molecule has 2 N–H and O–H groups in total. The largest absolute Gasteiger partial charge is 1.00 e. The molecule has 0 spiro atoms. The molecular formula is C24H28KNO3-2. The summed E-state index contributed by atoms with van der Waals surface area (Å²) in [6, 6.07) is 11.1. The zero-order valence-electron chi connectivity index (χ0n) is 17.6. The minimum absolute atomic E-state index is 0. The molecule has 0 aromatic heterocycles. The van der Waals surface area contributed by atoms with Gasteiger partial charge in [0.05, 0.1) is 6.61 Å². The predicted molar refractivity (Wildman–Crippen MR) is 112 cm³/mol. The Morgan fingerprint density at radius 2 is 1.90 bits per heavy atom. The van der Waals surface area contributed by atoms with Crippen LogP contribution >= 0.6 is 0 Å². The number of rotatable bonds is 4. The topological polar surface area (TPSA) is 66.4 Å². The van der Waals surface area contributed by atoms with Crippen molar-refractivity contribution in [2.24, 2.45) is 5.92 Å². The van der Waals surface area contributed by atoms with Crippen molar-refractivity contribution in [1.29, 1.82) is 0 Å². The first-order valence-electron chi connectivity index (χ1n) is 9.59. The molecule has 2 aromatic rings. The molecule has 29 heavy (non-hydrogen) atoms. The molecule has 5 heteroatoms. The third-order valence-corrected chi connectivity index (χ3v) is 5.12. The van der Waals surface area contributed by atoms with E-state index in [1.165, 1.54) is 0 Å². The second-order valence-electron chi connectivity index (χ2n) is 7.13. The third-order valence-electron chi connectivity index (χ3n) is 5.12. The van der Waals surface area contributed by atoms with Gasteiger partial charge in [0.25, 0.3) is 0 Å². The summed E-state index contributed by atoms with van der Waals surface area (Å²) in [4.78, 5) is 22.3. The molecule has 1 fully saturated rings. The normalized spacial score (nSPS) is 13.5. The predicted octanol–water partition coefficient (Wildman–Crippen LogP) is 1.46. The maximum Gasteiger partial charge on any atom is 1.00 e. The fraction of sp³-hybridized carbons (Fsp3) is 0.333. The standard InChI is InChI=1S/C15H20NO2.C9H8O.K/c1-11-7-8-14(9-13(11)10-17)16-15(18)12-5-3-2-4-6-12;1-7-4-3-5-9(6-10)8(7)2;/h2,7-9,12,17H,3-6,10H2,1H3,(H,16,18);3-5H,2H2,1H3;/q-1;-2;+1. The van der Waals surface area contributed by atoms with Gasteiger partial charge in [-0.05, 0) is 36.5 Å². The number of aliphatic hydroxyl groups excluding tert-OH is 1. The Kier molecular flexibility index (Phi) is 12.0. The quantitative estimate of drug-likeness (QED) is 0.585. The van der Waals surface area contributed by atoms with Crippen molar-refractivity contribution in [2.75, 3.05) is 5.32 Å². The van der Waals surface area contributed by atoms with Gasteiger partial charge in [0.1, 0.15) is 0 Å². The Morgan fingerprint density at radius 1 is 1.21 bits per heavy atom. The fourth-order valence-corrected chi connectivity index (χ4v) is 3.15. The molecule has 4 nitrogen and oxygen atoms in total. The summed E-state index contributed by atoms with van der Waals surface area (Å²) >= 11 is 0. The van der Waals surface area contributed by atoms with Gasteiger partial charge < -0.3 is 21.6 Å². The number of amides is 1. The summed E-state index contributed by atoms with van der Waals surface area (Å²) in [6.07, 6.45) is 8.04. The first-order valence-corrected chi connectivity index (χ1v) is 9.59. The van der Waals surface area contributed by atoms with Gasteiger partial charge in [0.15, 0.2) is 0 Å². The van der Waals surface area contributed by atoms with Crippen LogP contribution in [-0.2, 0) is 16.2 Å². The number of aryl methyl sites for hydroxylation is 2. The third kappa shape index (κ3) is 8.00. The monoisotopic (exact) mass is 417 g/mol. The second-order valence-corrected chi connectivity index (χ2v) is 7.13. The van der Waals surface area contributed by atoms with Gasteiger partial charge in [-0.15, -0.1) is 12.1 Å². The molecule has 0 saturated heterocycles. The molecule has 1 amide bonds. The maximum atomic E-state index is 12.1. The molecular weight excluding hydrogens is 389 g/mol. The van der Waals surface area contributed by atoms with Crippen molar-refractivity contribution < 1.29 is 66.1 Å². The van der Waals surface area contributed by atoms with Gasteiger partial charge in [0.2, 0.25) is 5.91 Å². The van der Waals surface area contributed by atoms with Gasteiger partial charge in [-0.2, -0.15) is 12.8 Å². The summed E-state index contributed by atoms with van der Waals surface area (Å²) < 4.78 is 0. The van der Waals surface area contributed by atoms with Crippen LogP contribution in [0.1, 0.15) is 53.5 Å². The molecule has 0 aliphatic heterocycles. The molecule has 1 saturated carbocycles. The molecule has 0 bridgehead atoms. The van der Waals surface area contributed by atoms with Crippen LogP contribution in [0.3, 0.4) is 0 Å². The van der Waals surface area contributed by atoms with Gasteiger partial charge in [-0.3, -0.25) is 22.8 Å². The van der Waals surface area contributed by atoms with E-state index in [-0.39, 0.29) is 69.8 Å². The second kappa shape index (κ2) is 13.4. The molecule has 1 aliphatic rings. The number of carbonyl (C=O) groups excluding carboxylic acids is 2. The van der Waals surface area contributed by atoms with E-state index < -0.39 is 0 Å². The van der Waals surface area contributed by atoms with E-state index in [2.05, 4.69) is 18.7 Å². The summed E-state index contributed by atoms with van der Waals surface area (Å²) in [5.41, 5.74) is 5.05. The zero-order valence-corrected chi connectivity index (χ0v) is 20.7. The van der Waals surface area contributed by atoms with Crippen molar-refractivity contribution in [3.05, 3.63) is 77.6 Å². The number of aliphatic hydroxyl groups is 1. The summed E-state index contributed by atoms with van der Waals surface area (Å²) in [5.74, 6) is 0.240. The SMILES string of the molecule is Cc1ccc(NC(=O)C2CC[CH-]CC2)cc1CO.[CH2-]c1c(C)cccc1[C-]=O.[K+]. The Balaban J connectivity index is 0.000000327. The van der Waals surface area contributed by atoms with Gasteiger partial charge in [0, 0.05) is 11.6 Å². The molecule has 0 unspecified atom stereocenters. The van der Waals surface area contributed by atoms with E-state index in [4.69, 9.17) is 0 Å². The number of anilines is 1. The summed E-state index contributed by atoms with van der Waals surface area (Å²) in [6.45, 7) is 7.61. The zero-order chi connectivity index (χ0) is 20.5.